The Morgan fingerprint density at radius 3 is 2.83 bits per heavy atom. The molecular formula is C18H23N5O. The number of nitrogens with zero attached hydrogens (tertiary/aromatic N) is 4. The molecule has 2 N–H and O–H groups in total. The van der Waals surface area contributed by atoms with Gasteiger partial charge in [-0.25, -0.2) is 4.98 Å². The quantitative estimate of drug-likeness (QED) is 0.791. The second-order valence-electron chi connectivity index (χ2n) is 6.40. The summed E-state index contributed by atoms with van der Waals surface area (Å²) in [4.78, 5) is 7.05. The highest BCUT2D eigenvalue weighted by Gasteiger charge is 2.22. The lowest BCUT2D eigenvalue weighted by Crippen LogP contribution is -2.36. The highest BCUT2D eigenvalue weighted by Crippen LogP contribution is 2.29. The van der Waals surface area contributed by atoms with Crippen LogP contribution in [0.3, 0.4) is 0 Å². The summed E-state index contributed by atoms with van der Waals surface area (Å²) < 4.78 is 7.07. The zero-order chi connectivity index (χ0) is 16.5. The van der Waals surface area contributed by atoms with Gasteiger partial charge >= 0.3 is 0 Å². The van der Waals surface area contributed by atoms with Crippen LogP contribution in [0.5, 0.6) is 0 Å². The molecule has 4 rings (SSSR count). The fourth-order valence-electron chi connectivity index (χ4n) is 3.71. The Morgan fingerprint density at radius 1 is 1.29 bits per heavy atom. The van der Waals surface area contributed by atoms with E-state index >= 15 is 0 Å². The summed E-state index contributed by atoms with van der Waals surface area (Å²) in [6.07, 6.45) is 8.11. The van der Waals surface area contributed by atoms with E-state index in [0.717, 1.165) is 17.9 Å². The largest absolute Gasteiger partial charge is 0.461 e. The van der Waals surface area contributed by atoms with Crippen LogP contribution in [-0.4, -0.2) is 27.2 Å². The highest BCUT2D eigenvalue weighted by molar-refractivity contribution is 5.65. The topological polar surface area (TPSA) is 72.6 Å². The summed E-state index contributed by atoms with van der Waals surface area (Å²) in [5, 5.41) is 4.46. The lowest BCUT2D eigenvalue weighted by atomic mass is 9.94. The van der Waals surface area contributed by atoms with E-state index in [0.29, 0.717) is 23.4 Å². The van der Waals surface area contributed by atoms with E-state index in [1.807, 2.05) is 18.2 Å². The van der Waals surface area contributed by atoms with Crippen molar-refractivity contribution in [2.24, 2.45) is 0 Å². The van der Waals surface area contributed by atoms with E-state index in [9.17, 15) is 0 Å². The van der Waals surface area contributed by atoms with E-state index in [2.05, 4.69) is 28.0 Å². The van der Waals surface area contributed by atoms with Crippen LogP contribution in [-0.2, 0) is 0 Å². The Labute approximate surface area is 141 Å². The minimum atomic E-state index is 0.560. The molecule has 0 radical (unpaired) electrons. The molecule has 1 saturated carbocycles. The third kappa shape index (κ3) is 2.62. The van der Waals surface area contributed by atoms with Crippen LogP contribution in [0.15, 0.2) is 34.9 Å². The van der Waals surface area contributed by atoms with E-state index in [-0.39, 0.29) is 0 Å². The molecule has 6 heteroatoms. The first kappa shape index (κ1) is 15.1. The third-order valence-electron chi connectivity index (χ3n) is 4.88. The molecule has 3 aromatic rings. The average Bonchev–Trinajstić information content (AvgIpc) is 3.26. The minimum Gasteiger partial charge on any atom is -0.461 e. The monoisotopic (exact) mass is 325 g/mol. The molecule has 0 spiro atoms. The number of furan rings is 1. The molecule has 1 fully saturated rings. The molecule has 0 amide bonds. The van der Waals surface area contributed by atoms with Crippen molar-refractivity contribution in [2.75, 3.05) is 17.2 Å². The summed E-state index contributed by atoms with van der Waals surface area (Å²) in [5.41, 5.74) is 8.14. The number of fused-ring (bicyclic) bond motifs is 1. The van der Waals surface area contributed by atoms with Crippen molar-refractivity contribution in [1.82, 2.24) is 14.6 Å². The highest BCUT2D eigenvalue weighted by atomic mass is 16.3. The Hall–Kier alpha value is -2.50. The summed E-state index contributed by atoms with van der Waals surface area (Å²) in [6.45, 7) is 3.17. The lowest BCUT2D eigenvalue weighted by Gasteiger charge is -2.35. The number of rotatable bonds is 4. The molecule has 0 unspecified atom stereocenters. The number of anilines is 2. The van der Waals surface area contributed by atoms with Crippen molar-refractivity contribution >= 4 is 17.2 Å². The molecule has 3 heterocycles. The first-order valence-electron chi connectivity index (χ1n) is 8.73. The van der Waals surface area contributed by atoms with Gasteiger partial charge in [-0.3, -0.25) is 0 Å². The Kier molecular flexibility index (Phi) is 3.88. The molecule has 126 valence electrons. The molecular weight excluding hydrogens is 302 g/mol. The minimum absolute atomic E-state index is 0.560. The molecule has 0 aromatic carbocycles. The maximum absolute atomic E-state index is 6.25. The zero-order valence-electron chi connectivity index (χ0n) is 14.0. The normalized spacial score (nSPS) is 15.9. The molecule has 0 bridgehead atoms. The number of aromatic nitrogens is 3. The Morgan fingerprint density at radius 2 is 2.12 bits per heavy atom. The fourth-order valence-corrected chi connectivity index (χ4v) is 3.71. The first-order valence-corrected chi connectivity index (χ1v) is 8.73. The van der Waals surface area contributed by atoms with Crippen molar-refractivity contribution in [2.45, 2.75) is 45.1 Å². The Balaban J connectivity index is 1.73. The molecule has 1 aliphatic rings. The predicted octanol–water partition coefficient (Wildman–Crippen LogP) is 3.73. The lowest BCUT2D eigenvalue weighted by molar-refractivity contribution is 0.418. The van der Waals surface area contributed by atoms with E-state index in [4.69, 9.17) is 10.2 Å². The van der Waals surface area contributed by atoms with Crippen LogP contribution in [0.1, 0.15) is 39.0 Å². The van der Waals surface area contributed by atoms with E-state index in [1.165, 1.54) is 32.1 Å². The number of nitrogens with two attached hydrogens (primary N) is 1. The number of pyridine rings is 1. The van der Waals surface area contributed by atoms with Gasteiger partial charge in [-0.15, -0.1) is 5.10 Å². The summed E-state index contributed by atoms with van der Waals surface area (Å²) >= 11 is 0. The van der Waals surface area contributed by atoms with Gasteiger partial charge in [0.05, 0.1) is 6.26 Å². The van der Waals surface area contributed by atoms with Crippen LogP contribution in [0.2, 0.25) is 0 Å². The molecule has 0 saturated heterocycles. The standard InChI is InChI=1S/C18H23N5O/c1-2-22(13-7-4-3-5-8-13)14-11-16(19)23-17(12-14)20-18(21-23)15-9-6-10-24-15/h6,9-13H,2-5,7-8,19H2,1H3. The SMILES string of the molecule is CCN(c1cc(N)n2nc(-c3ccco3)nc2c1)C1CCCCC1. The van der Waals surface area contributed by atoms with Crippen LogP contribution in [0.4, 0.5) is 11.5 Å². The number of nitrogen functional groups attached to an aromatic ring is 1. The van der Waals surface area contributed by atoms with E-state index < -0.39 is 0 Å². The fraction of sp³-hybridized carbons (Fsp3) is 0.444. The number of hydrogen-bond donors (Lipinski definition) is 1. The predicted molar refractivity (Wildman–Crippen MR) is 95.0 cm³/mol. The van der Waals surface area contributed by atoms with Crippen molar-refractivity contribution in [3.63, 3.8) is 0 Å². The third-order valence-corrected chi connectivity index (χ3v) is 4.88. The molecule has 1 aliphatic carbocycles. The Bertz CT molecular complexity index is 817. The molecule has 24 heavy (non-hydrogen) atoms. The number of hydrogen-bond acceptors (Lipinski definition) is 5. The van der Waals surface area contributed by atoms with Gasteiger partial charge in [-0.1, -0.05) is 19.3 Å². The summed E-state index contributed by atoms with van der Waals surface area (Å²) in [6, 6.07) is 8.36. The summed E-state index contributed by atoms with van der Waals surface area (Å²) in [7, 11) is 0. The van der Waals surface area contributed by atoms with Gasteiger partial charge in [0.1, 0.15) is 5.82 Å². The van der Waals surface area contributed by atoms with Gasteiger partial charge in [0.15, 0.2) is 11.4 Å². The molecule has 3 aromatic heterocycles. The second-order valence-corrected chi connectivity index (χ2v) is 6.40. The van der Waals surface area contributed by atoms with Crippen molar-refractivity contribution in [3.8, 4) is 11.6 Å². The van der Waals surface area contributed by atoms with Crippen LogP contribution in [0, 0.1) is 0 Å². The van der Waals surface area contributed by atoms with E-state index in [1.54, 1.807) is 10.8 Å². The van der Waals surface area contributed by atoms with Crippen molar-refractivity contribution < 1.29 is 4.42 Å². The maximum Gasteiger partial charge on any atom is 0.217 e. The smallest absolute Gasteiger partial charge is 0.217 e. The average molecular weight is 325 g/mol. The van der Waals surface area contributed by atoms with Crippen LogP contribution < -0.4 is 10.6 Å². The maximum atomic E-state index is 6.25. The molecule has 0 aliphatic heterocycles. The van der Waals surface area contributed by atoms with Gasteiger partial charge < -0.3 is 15.1 Å². The van der Waals surface area contributed by atoms with Gasteiger partial charge in [-0.05, 0) is 31.9 Å². The summed E-state index contributed by atoms with van der Waals surface area (Å²) in [5.74, 6) is 1.81. The second kappa shape index (κ2) is 6.19. The van der Waals surface area contributed by atoms with Gasteiger partial charge in [0.25, 0.3) is 0 Å². The van der Waals surface area contributed by atoms with Gasteiger partial charge in [-0.2, -0.15) is 4.52 Å². The molecule has 6 nitrogen and oxygen atoms in total. The van der Waals surface area contributed by atoms with Gasteiger partial charge in [0, 0.05) is 30.4 Å². The van der Waals surface area contributed by atoms with Crippen molar-refractivity contribution in [3.05, 3.63) is 30.5 Å². The van der Waals surface area contributed by atoms with Crippen LogP contribution >= 0.6 is 0 Å². The van der Waals surface area contributed by atoms with Crippen LogP contribution in [0.25, 0.3) is 17.2 Å². The first-order chi connectivity index (χ1) is 11.8. The molecule has 0 atom stereocenters. The van der Waals surface area contributed by atoms with Gasteiger partial charge in [0.2, 0.25) is 5.82 Å². The van der Waals surface area contributed by atoms with Crippen molar-refractivity contribution in [1.29, 1.82) is 0 Å². The zero-order valence-corrected chi connectivity index (χ0v) is 14.0.